The maximum absolute atomic E-state index is 11.8. The van der Waals surface area contributed by atoms with Crippen molar-refractivity contribution in [2.45, 2.75) is 26.8 Å². The molecule has 0 amide bonds. The number of thiophene rings is 1. The van der Waals surface area contributed by atoms with E-state index in [-0.39, 0.29) is 5.56 Å². The first-order valence-corrected chi connectivity index (χ1v) is 5.63. The van der Waals surface area contributed by atoms with E-state index in [0.717, 1.165) is 22.2 Å². The molecule has 2 aromatic heterocycles. The van der Waals surface area contributed by atoms with Gasteiger partial charge in [-0.3, -0.25) is 4.79 Å². The van der Waals surface area contributed by atoms with Crippen LogP contribution in [0.2, 0.25) is 0 Å². The van der Waals surface area contributed by atoms with Crippen LogP contribution in [-0.2, 0) is 13.0 Å². The molecule has 0 radical (unpaired) electrons. The van der Waals surface area contributed by atoms with Gasteiger partial charge in [0, 0.05) is 6.54 Å². The molecule has 0 aliphatic heterocycles. The molecule has 0 bridgehead atoms. The summed E-state index contributed by atoms with van der Waals surface area (Å²) >= 11 is 1.60. The Bertz CT molecular complexity index is 512. The molecule has 0 unspecified atom stereocenters. The average Bonchev–Trinajstić information content (AvgIpc) is 2.68. The quantitative estimate of drug-likeness (QED) is 0.757. The van der Waals surface area contributed by atoms with Crippen LogP contribution in [0.25, 0.3) is 10.1 Å². The molecular weight excluding hydrogens is 196 g/mol. The Balaban J connectivity index is 2.87. The number of aryl methyl sites for hydroxylation is 2. The fourth-order valence-corrected chi connectivity index (χ4v) is 2.47. The smallest absolute Gasteiger partial charge is 0.267 e. The van der Waals surface area contributed by atoms with Crippen molar-refractivity contribution < 1.29 is 0 Å². The van der Waals surface area contributed by atoms with Crippen molar-refractivity contribution >= 4 is 21.4 Å². The zero-order chi connectivity index (χ0) is 10.1. The Labute approximate surface area is 86.0 Å². The Hall–Kier alpha value is -1.16. The molecule has 0 spiro atoms. The van der Waals surface area contributed by atoms with Crippen molar-refractivity contribution in [3.63, 3.8) is 0 Å². The van der Waals surface area contributed by atoms with E-state index in [1.54, 1.807) is 11.3 Å². The Kier molecular flexibility index (Phi) is 2.37. The third kappa shape index (κ3) is 1.26. The van der Waals surface area contributed by atoms with Crippen LogP contribution < -0.4 is 5.56 Å². The Morgan fingerprint density at radius 3 is 2.93 bits per heavy atom. The van der Waals surface area contributed by atoms with Crippen molar-refractivity contribution in [2.75, 3.05) is 0 Å². The first kappa shape index (κ1) is 9.40. The molecule has 2 aromatic rings. The normalized spacial score (nSPS) is 11.0. The second kappa shape index (κ2) is 3.53. The highest BCUT2D eigenvalue weighted by molar-refractivity contribution is 7.17. The molecule has 0 atom stereocenters. The lowest BCUT2D eigenvalue weighted by Gasteiger charge is -2.04. The van der Waals surface area contributed by atoms with E-state index < -0.39 is 0 Å². The van der Waals surface area contributed by atoms with Crippen LogP contribution in [0.5, 0.6) is 0 Å². The minimum Gasteiger partial charge on any atom is -0.267 e. The van der Waals surface area contributed by atoms with Gasteiger partial charge in [0.1, 0.15) is 0 Å². The van der Waals surface area contributed by atoms with Gasteiger partial charge in [-0.2, -0.15) is 5.10 Å². The van der Waals surface area contributed by atoms with E-state index in [9.17, 15) is 4.79 Å². The Morgan fingerprint density at radius 2 is 2.29 bits per heavy atom. The van der Waals surface area contributed by atoms with Gasteiger partial charge in [-0.1, -0.05) is 6.92 Å². The molecule has 0 aliphatic carbocycles. The molecule has 2 heterocycles. The minimum atomic E-state index is 0.0287. The van der Waals surface area contributed by atoms with Crippen molar-refractivity contribution in [2.24, 2.45) is 0 Å². The number of rotatable bonds is 2. The molecule has 0 saturated carbocycles. The molecule has 0 saturated heterocycles. The molecule has 3 nitrogen and oxygen atoms in total. The second-order valence-electron chi connectivity index (χ2n) is 3.08. The van der Waals surface area contributed by atoms with Gasteiger partial charge in [0.2, 0.25) is 0 Å². The van der Waals surface area contributed by atoms with E-state index in [2.05, 4.69) is 12.0 Å². The highest BCUT2D eigenvalue weighted by atomic mass is 32.1. The monoisotopic (exact) mass is 208 g/mol. The van der Waals surface area contributed by atoms with Gasteiger partial charge < -0.3 is 0 Å². The van der Waals surface area contributed by atoms with Gasteiger partial charge in [-0.05, 0) is 24.8 Å². The summed E-state index contributed by atoms with van der Waals surface area (Å²) < 4.78 is 2.58. The summed E-state index contributed by atoms with van der Waals surface area (Å²) in [5.41, 5.74) is 1.05. The van der Waals surface area contributed by atoms with Gasteiger partial charge in [-0.15, -0.1) is 11.3 Å². The third-order valence-corrected chi connectivity index (χ3v) is 3.23. The standard InChI is InChI=1S/C10H12N2OS/c1-3-8-9-7(5-6-14-9)10(13)12(4-2)11-8/h5-6H,3-4H2,1-2H3. The minimum absolute atomic E-state index is 0.0287. The fraction of sp³-hybridized carbons (Fsp3) is 0.400. The van der Waals surface area contributed by atoms with Crippen LogP contribution in [0.15, 0.2) is 16.2 Å². The summed E-state index contributed by atoms with van der Waals surface area (Å²) in [6.45, 7) is 4.63. The number of hydrogen-bond acceptors (Lipinski definition) is 3. The van der Waals surface area contributed by atoms with E-state index in [4.69, 9.17) is 0 Å². The number of nitrogens with zero attached hydrogens (tertiary/aromatic N) is 2. The lowest BCUT2D eigenvalue weighted by molar-refractivity contribution is 0.609. The van der Waals surface area contributed by atoms with Crippen LogP contribution in [0.4, 0.5) is 0 Å². The van der Waals surface area contributed by atoms with Crippen LogP contribution in [0.1, 0.15) is 19.5 Å². The summed E-state index contributed by atoms with van der Waals surface area (Å²) in [4.78, 5) is 11.8. The van der Waals surface area contributed by atoms with Crippen LogP contribution >= 0.6 is 11.3 Å². The summed E-state index contributed by atoms with van der Waals surface area (Å²) in [6.07, 6.45) is 0.872. The van der Waals surface area contributed by atoms with E-state index in [0.29, 0.717) is 6.54 Å². The third-order valence-electron chi connectivity index (χ3n) is 2.27. The zero-order valence-electron chi connectivity index (χ0n) is 8.28. The lowest BCUT2D eigenvalue weighted by Crippen LogP contribution is -2.22. The van der Waals surface area contributed by atoms with Crippen molar-refractivity contribution in [3.05, 3.63) is 27.5 Å². The summed E-state index contributed by atoms with van der Waals surface area (Å²) in [5.74, 6) is 0. The SMILES string of the molecule is CCc1nn(CC)c(=O)c2ccsc12. The van der Waals surface area contributed by atoms with Gasteiger partial charge in [0.25, 0.3) is 5.56 Å². The molecule has 14 heavy (non-hydrogen) atoms. The van der Waals surface area contributed by atoms with E-state index in [1.807, 2.05) is 18.4 Å². The Morgan fingerprint density at radius 1 is 1.50 bits per heavy atom. The molecule has 4 heteroatoms. The number of fused-ring (bicyclic) bond motifs is 1. The molecule has 0 fully saturated rings. The van der Waals surface area contributed by atoms with Crippen molar-refractivity contribution in [3.8, 4) is 0 Å². The highest BCUT2D eigenvalue weighted by Gasteiger charge is 2.08. The summed E-state index contributed by atoms with van der Waals surface area (Å²) in [7, 11) is 0. The molecule has 0 aliphatic rings. The molecular formula is C10H12N2OS. The van der Waals surface area contributed by atoms with Crippen LogP contribution in [0.3, 0.4) is 0 Å². The predicted molar refractivity (Wildman–Crippen MR) is 58.9 cm³/mol. The first-order valence-electron chi connectivity index (χ1n) is 4.75. The van der Waals surface area contributed by atoms with Gasteiger partial charge in [0.05, 0.1) is 15.8 Å². The van der Waals surface area contributed by atoms with Crippen LogP contribution in [0, 0.1) is 0 Å². The number of hydrogen-bond donors (Lipinski definition) is 0. The molecule has 74 valence electrons. The topological polar surface area (TPSA) is 34.9 Å². The van der Waals surface area contributed by atoms with Crippen LogP contribution in [-0.4, -0.2) is 9.78 Å². The predicted octanol–water partition coefficient (Wildman–Crippen LogP) is 2.04. The molecule has 2 rings (SSSR count). The lowest BCUT2D eigenvalue weighted by atomic mass is 10.2. The second-order valence-corrected chi connectivity index (χ2v) is 4.00. The average molecular weight is 208 g/mol. The summed E-state index contributed by atoms with van der Waals surface area (Å²) in [6, 6.07) is 1.88. The highest BCUT2D eigenvalue weighted by Crippen LogP contribution is 2.20. The largest absolute Gasteiger partial charge is 0.275 e. The first-order chi connectivity index (χ1) is 6.77. The molecule has 0 N–H and O–H groups in total. The number of aromatic nitrogens is 2. The van der Waals surface area contributed by atoms with Gasteiger partial charge >= 0.3 is 0 Å². The van der Waals surface area contributed by atoms with E-state index in [1.165, 1.54) is 4.68 Å². The fourth-order valence-electron chi connectivity index (χ4n) is 1.52. The maximum atomic E-state index is 11.8. The molecule has 0 aromatic carbocycles. The summed E-state index contributed by atoms with van der Waals surface area (Å²) in [5, 5.41) is 7.08. The van der Waals surface area contributed by atoms with Crippen molar-refractivity contribution in [1.29, 1.82) is 0 Å². The van der Waals surface area contributed by atoms with Gasteiger partial charge in [-0.25, -0.2) is 4.68 Å². The van der Waals surface area contributed by atoms with E-state index >= 15 is 0 Å². The van der Waals surface area contributed by atoms with Crippen molar-refractivity contribution in [1.82, 2.24) is 9.78 Å². The maximum Gasteiger partial charge on any atom is 0.275 e. The zero-order valence-corrected chi connectivity index (χ0v) is 9.10. The van der Waals surface area contributed by atoms with Gasteiger partial charge in [0.15, 0.2) is 0 Å².